The summed E-state index contributed by atoms with van der Waals surface area (Å²) in [4.78, 5) is 12.9. The Bertz CT molecular complexity index is 384. The first-order valence-electron chi connectivity index (χ1n) is 6.21. The molecule has 0 amide bonds. The highest BCUT2D eigenvalue weighted by Gasteiger charge is 2.25. The number of halogens is 1. The van der Waals surface area contributed by atoms with Gasteiger partial charge in [-0.15, -0.1) is 0 Å². The molecule has 0 spiro atoms. The molecule has 1 aromatic rings. The number of nitrogens with zero attached hydrogens (tertiary/aromatic N) is 4. The van der Waals surface area contributed by atoms with Crippen molar-refractivity contribution in [3.8, 4) is 0 Å². The highest BCUT2D eigenvalue weighted by Crippen LogP contribution is 2.16. The van der Waals surface area contributed by atoms with Gasteiger partial charge in [0.25, 0.3) is 0 Å². The van der Waals surface area contributed by atoms with Crippen molar-refractivity contribution in [3.05, 3.63) is 17.4 Å². The van der Waals surface area contributed by atoms with Crippen LogP contribution >= 0.6 is 11.6 Å². The standard InChI is InChI=1S/C12H19ClN4O/c1-9-7-17(4-3-16(9)8-10(2)18)12-14-5-11(13)6-15-12/h5-6,9-10,18H,3-4,7-8H2,1-2H3. The number of hydrogen-bond donors (Lipinski definition) is 1. The molecule has 6 heteroatoms. The second-order valence-electron chi connectivity index (χ2n) is 4.84. The van der Waals surface area contributed by atoms with Crippen molar-refractivity contribution in [1.82, 2.24) is 14.9 Å². The van der Waals surface area contributed by atoms with Gasteiger partial charge in [0.1, 0.15) is 0 Å². The molecule has 18 heavy (non-hydrogen) atoms. The first-order valence-corrected chi connectivity index (χ1v) is 6.58. The third-order valence-corrected chi connectivity index (χ3v) is 3.35. The highest BCUT2D eigenvalue weighted by molar-refractivity contribution is 6.30. The van der Waals surface area contributed by atoms with Crippen LogP contribution in [0, 0.1) is 0 Å². The molecule has 0 aromatic carbocycles. The monoisotopic (exact) mass is 270 g/mol. The maximum absolute atomic E-state index is 9.44. The van der Waals surface area contributed by atoms with E-state index < -0.39 is 0 Å². The largest absolute Gasteiger partial charge is 0.392 e. The van der Waals surface area contributed by atoms with Crippen molar-refractivity contribution in [3.63, 3.8) is 0 Å². The second-order valence-corrected chi connectivity index (χ2v) is 5.28. The molecular weight excluding hydrogens is 252 g/mol. The van der Waals surface area contributed by atoms with Crippen LogP contribution in [0.2, 0.25) is 5.02 Å². The number of β-amino-alcohol motifs (C(OH)–C–C–N with tert-alkyl or cyclic N) is 1. The molecule has 0 saturated carbocycles. The zero-order valence-corrected chi connectivity index (χ0v) is 11.5. The smallest absolute Gasteiger partial charge is 0.225 e. The van der Waals surface area contributed by atoms with Crippen molar-refractivity contribution in [2.24, 2.45) is 0 Å². The van der Waals surface area contributed by atoms with E-state index in [0.29, 0.717) is 11.1 Å². The average Bonchev–Trinajstić information content (AvgIpc) is 2.32. The molecule has 2 rings (SSSR count). The molecule has 0 radical (unpaired) electrons. The Hall–Kier alpha value is -0.910. The van der Waals surface area contributed by atoms with E-state index in [4.69, 9.17) is 11.6 Å². The van der Waals surface area contributed by atoms with E-state index in [9.17, 15) is 5.11 Å². The minimum absolute atomic E-state index is 0.286. The Morgan fingerprint density at radius 1 is 1.44 bits per heavy atom. The van der Waals surface area contributed by atoms with Gasteiger partial charge in [0.2, 0.25) is 5.95 Å². The minimum Gasteiger partial charge on any atom is -0.392 e. The van der Waals surface area contributed by atoms with Gasteiger partial charge >= 0.3 is 0 Å². The van der Waals surface area contributed by atoms with Gasteiger partial charge in [-0.3, -0.25) is 4.90 Å². The summed E-state index contributed by atoms with van der Waals surface area (Å²) in [5.74, 6) is 0.725. The lowest BCUT2D eigenvalue weighted by Gasteiger charge is -2.40. The molecule has 1 fully saturated rings. The van der Waals surface area contributed by atoms with Crippen LogP contribution in [0.3, 0.4) is 0 Å². The van der Waals surface area contributed by atoms with Crippen molar-refractivity contribution < 1.29 is 5.11 Å². The van der Waals surface area contributed by atoms with Crippen LogP contribution in [0.15, 0.2) is 12.4 Å². The lowest BCUT2D eigenvalue weighted by Crippen LogP contribution is -2.53. The number of aliphatic hydroxyl groups is 1. The minimum atomic E-state index is -0.286. The first kappa shape index (κ1) is 13.5. The van der Waals surface area contributed by atoms with E-state index in [0.717, 1.165) is 32.1 Å². The van der Waals surface area contributed by atoms with E-state index in [-0.39, 0.29) is 6.10 Å². The predicted molar refractivity (Wildman–Crippen MR) is 72.0 cm³/mol. The number of aliphatic hydroxyl groups excluding tert-OH is 1. The Balaban J connectivity index is 1.97. The van der Waals surface area contributed by atoms with Crippen LogP contribution in [0.25, 0.3) is 0 Å². The maximum Gasteiger partial charge on any atom is 0.225 e. The summed E-state index contributed by atoms with van der Waals surface area (Å²) in [6.07, 6.45) is 2.96. The third kappa shape index (κ3) is 3.31. The number of aromatic nitrogens is 2. The van der Waals surface area contributed by atoms with Crippen molar-refractivity contribution in [2.45, 2.75) is 26.0 Å². The molecule has 2 unspecified atom stereocenters. The van der Waals surface area contributed by atoms with E-state index in [2.05, 4.69) is 26.7 Å². The fourth-order valence-electron chi connectivity index (χ4n) is 2.26. The van der Waals surface area contributed by atoms with E-state index in [1.165, 1.54) is 0 Å². The Labute approximate surface area is 112 Å². The molecule has 100 valence electrons. The zero-order chi connectivity index (χ0) is 13.1. The van der Waals surface area contributed by atoms with Crippen molar-refractivity contribution >= 4 is 17.5 Å². The van der Waals surface area contributed by atoms with Crippen LogP contribution in [-0.4, -0.2) is 58.3 Å². The summed E-state index contributed by atoms with van der Waals surface area (Å²) in [5.41, 5.74) is 0. The van der Waals surface area contributed by atoms with Gasteiger partial charge in [0.15, 0.2) is 0 Å². The van der Waals surface area contributed by atoms with E-state index in [1.807, 2.05) is 6.92 Å². The quantitative estimate of drug-likeness (QED) is 0.889. The molecule has 0 bridgehead atoms. The van der Waals surface area contributed by atoms with Gasteiger partial charge < -0.3 is 10.0 Å². The molecule has 0 aliphatic carbocycles. The van der Waals surface area contributed by atoms with Crippen LogP contribution in [-0.2, 0) is 0 Å². The van der Waals surface area contributed by atoms with Gasteiger partial charge in [0.05, 0.1) is 23.5 Å². The summed E-state index contributed by atoms with van der Waals surface area (Å²) >= 11 is 5.78. The Morgan fingerprint density at radius 2 is 2.11 bits per heavy atom. The van der Waals surface area contributed by atoms with Gasteiger partial charge in [0, 0.05) is 32.2 Å². The highest BCUT2D eigenvalue weighted by atomic mass is 35.5. The molecule has 1 N–H and O–H groups in total. The summed E-state index contributed by atoms with van der Waals surface area (Å²) in [5, 5.41) is 10.00. The molecule has 1 aliphatic heterocycles. The lowest BCUT2D eigenvalue weighted by atomic mass is 10.2. The number of rotatable bonds is 3. The summed E-state index contributed by atoms with van der Waals surface area (Å²) < 4.78 is 0. The summed E-state index contributed by atoms with van der Waals surface area (Å²) in [6.45, 7) is 7.35. The maximum atomic E-state index is 9.44. The van der Waals surface area contributed by atoms with Gasteiger partial charge in [-0.2, -0.15) is 0 Å². The summed E-state index contributed by atoms with van der Waals surface area (Å²) in [7, 11) is 0. The Kier molecular flexibility index (Phi) is 4.37. The molecule has 1 aromatic heterocycles. The van der Waals surface area contributed by atoms with E-state index >= 15 is 0 Å². The van der Waals surface area contributed by atoms with Gasteiger partial charge in [-0.1, -0.05) is 11.6 Å². The molecule has 2 atom stereocenters. The van der Waals surface area contributed by atoms with Gasteiger partial charge in [-0.25, -0.2) is 9.97 Å². The van der Waals surface area contributed by atoms with Crippen LogP contribution in [0.1, 0.15) is 13.8 Å². The predicted octanol–water partition coefficient (Wildman–Crippen LogP) is 1.02. The van der Waals surface area contributed by atoms with Crippen LogP contribution in [0.4, 0.5) is 5.95 Å². The average molecular weight is 271 g/mol. The summed E-state index contributed by atoms with van der Waals surface area (Å²) in [6, 6.07) is 0.382. The number of hydrogen-bond acceptors (Lipinski definition) is 5. The molecule has 5 nitrogen and oxygen atoms in total. The fourth-order valence-corrected chi connectivity index (χ4v) is 2.35. The lowest BCUT2D eigenvalue weighted by molar-refractivity contribution is 0.0957. The molecule has 1 saturated heterocycles. The first-order chi connectivity index (χ1) is 8.56. The third-order valence-electron chi connectivity index (χ3n) is 3.15. The SMILES string of the molecule is CC(O)CN1CCN(c2ncc(Cl)cn2)CC1C. The van der Waals surface area contributed by atoms with E-state index in [1.54, 1.807) is 12.4 Å². The van der Waals surface area contributed by atoms with Crippen LogP contribution in [0.5, 0.6) is 0 Å². The molecular formula is C12H19ClN4O. The second kappa shape index (κ2) is 5.82. The van der Waals surface area contributed by atoms with Crippen molar-refractivity contribution in [2.75, 3.05) is 31.1 Å². The Morgan fingerprint density at radius 3 is 2.67 bits per heavy atom. The normalized spacial score (nSPS) is 23.1. The fraction of sp³-hybridized carbons (Fsp3) is 0.667. The van der Waals surface area contributed by atoms with Crippen molar-refractivity contribution in [1.29, 1.82) is 0 Å². The molecule has 1 aliphatic rings. The number of piperazine rings is 1. The van der Waals surface area contributed by atoms with Crippen LogP contribution < -0.4 is 4.90 Å². The topological polar surface area (TPSA) is 52.5 Å². The molecule has 2 heterocycles. The zero-order valence-electron chi connectivity index (χ0n) is 10.8. The van der Waals surface area contributed by atoms with Gasteiger partial charge in [-0.05, 0) is 13.8 Å². The number of anilines is 1.